The highest BCUT2D eigenvalue weighted by molar-refractivity contribution is 5.88. The number of benzene rings is 1. The van der Waals surface area contributed by atoms with Crippen LogP contribution < -0.4 is 4.74 Å². The molecule has 1 saturated carbocycles. The number of likely N-dealkylation sites (N-methyl/N-ethyl adjacent to an activating group) is 1. The molecule has 4 aliphatic rings. The third-order valence-electron chi connectivity index (χ3n) is 7.56. The summed E-state index contributed by atoms with van der Waals surface area (Å²) in [4.78, 5) is 24.2. The zero-order valence-corrected chi connectivity index (χ0v) is 15.7. The van der Waals surface area contributed by atoms with Gasteiger partial charge in [0.2, 0.25) is 6.73 Å². The number of Topliss-reactive ketones (excluding diaryl/α,β-unsaturated/α-hetero) is 1. The first kappa shape index (κ1) is 16.3. The van der Waals surface area contributed by atoms with Gasteiger partial charge in [-0.05, 0) is 24.5 Å². The summed E-state index contributed by atoms with van der Waals surface area (Å²) >= 11 is 0. The fourth-order valence-corrected chi connectivity index (χ4v) is 6.34. The van der Waals surface area contributed by atoms with Crippen LogP contribution in [-0.2, 0) is 26.2 Å². The summed E-state index contributed by atoms with van der Waals surface area (Å²) in [6.07, 6.45) is 3.09. The summed E-state index contributed by atoms with van der Waals surface area (Å²) < 4.78 is 12.5. The van der Waals surface area contributed by atoms with Gasteiger partial charge < -0.3 is 9.47 Å². The number of esters is 1. The molecule has 0 amide bonds. The van der Waals surface area contributed by atoms with E-state index in [1.165, 1.54) is 18.1 Å². The molecule has 1 aromatic rings. The number of aryl methyl sites for hydroxylation is 1. The van der Waals surface area contributed by atoms with Crippen molar-refractivity contribution in [3.05, 3.63) is 28.8 Å². The average molecular weight is 356 g/mol. The number of hydrogen-bond donors (Lipinski definition) is 0. The lowest BCUT2D eigenvalue weighted by atomic mass is 9.51. The number of nitrogens with zero attached hydrogens (tertiary/aromatic N) is 1. The summed E-state index contributed by atoms with van der Waals surface area (Å²) in [7, 11) is 2.21. The minimum atomic E-state index is -0.318. The lowest BCUT2D eigenvalue weighted by molar-refractivity contribution is -0.959. The van der Waals surface area contributed by atoms with Crippen molar-refractivity contribution in [2.45, 2.75) is 57.1 Å². The van der Waals surface area contributed by atoms with Crippen molar-refractivity contribution in [3.63, 3.8) is 0 Å². The van der Waals surface area contributed by atoms with E-state index in [4.69, 9.17) is 9.47 Å². The van der Waals surface area contributed by atoms with E-state index < -0.39 is 0 Å². The maximum absolute atomic E-state index is 12.8. The molecular weight excluding hydrogens is 330 g/mol. The van der Waals surface area contributed by atoms with Crippen LogP contribution in [0, 0.1) is 12.8 Å². The summed E-state index contributed by atoms with van der Waals surface area (Å²) in [5.41, 5.74) is 3.63. The molecule has 1 spiro atoms. The molecule has 5 atom stereocenters. The van der Waals surface area contributed by atoms with E-state index in [2.05, 4.69) is 26.1 Å². The van der Waals surface area contributed by atoms with Crippen LogP contribution in [0.2, 0.25) is 0 Å². The molecule has 0 radical (unpaired) electrons. The second kappa shape index (κ2) is 5.10. The van der Waals surface area contributed by atoms with Crippen LogP contribution in [0.3, 0.4) is 0 Å². The summed E-state index contributed by atoms with van der Waals surface area (Å²) in [5, 5.41) is 0. The molecular formula is C21H26NO4+. The molecule has 2 fully saturated rings. The molecule has 5 nitrogen and oxygen atoms in total. The van der Waals surface area contributed by atoms with Crippen molar-refractivity contribution in [2.24, 2.45) is 5.92 Å². The molecule has 2 heterocycles. The number of quaternary nitrogens is 1. The van der Waals surface area contributed by atoms with Crippen LogP contribution in [-0.4, -0.2) is 48.7 Å². The van der Waals surface area contributed by atoms with Gasteiger partial charge in [0.25, 0.3) is 0 Å². The van der Waals surface area contributed by atoms with Crippen molar-refractivity contribution in [1.82, 2.24) is 0 Å². The molecule has 1 unspecified atom stereocenters. The molecule has 0 N–H and O–H groups in total. The predicted octanol–water partition coefficient (Wildman–Crippen LogP) is 2.27. The molecule has 1 saturated heterocycles. The highest BCUT2D eigenvalue weighted by atomic mass is 16.5. The van der Waals surface area contributed by atoms with Gasteiger partial charge in [0.1, 0.15) is 5.75 Å². The Morgan fingerprint density at radius 3 is 3.00 bits per heavy atom. The summed E-state index contributed by atoms with van der Waals surface area (Å²) in [6.45, 7) is 4.89. The number of ether oxygens (including phenoxy) is 2. The largest absolute Gasteiger partial charge is 0.481 e. The molecule has 2 aliphatic heterocycles. The van der Waals surface area contributed by atoms with Crippen molar-refractivity contribution in [2.75, 3.05) is 20.3 Å². The van der Waals surface area contributed by atoms with Crippen LogP contribution in [0.15, 0.2) is 12.1 Å². The maximum Gasteiger partial charge on any atom is 0.306 e. The fourth-order valence-electron chi connectivity index (χ4n) is 6.34. The lowest BCUT2D eigenvalue weighted by Crippen LogP contribution is -2.72. The zero-order chi connectivity index (χ0) is 18.3. The lowest BCUT2D eigenvalue weighted by Gasteiger charge is -2.59. The first-order valence-corrected chi connectivity index (χ1v) is 9.67. The number of ketones is 1. The van der Waals surface area contributed by atoms with E-state index in [9.17, 15) is 9.59 Å². The second-order valence-corrected chi connectivity index (χ2v) is 8.88. The fraction of sp³-hybridized carbons (Fsp3) is 0.619. The van der Waals surface area contributed by atoms with E-state index in [1.807, 2.05) is 0 Å². The van der Waals surface area contributed by atoms with Gasteiger partial charge in [-0.3, -0.25) is 14.1 Å². The molecule has 2 aliphatic carbocycles. The Hall–Kier alpha value is -1.88. The van der Waals surface area contributed by atoms with Gasteiger partial charge in [0.15, 0.2) is 11.9 Å². The van der Waals surface area contributed by atoms with Crippen molar-refractivity contribution in [3.8, 4) is 5.75 Å². The number of rotatable bonds is 2. The van der Waals surface area contributed by atoms with Gasteiger partial charge in [-0.15, -0.1) is 0 Å². The highest BCUT2D eigenvalue weighted by Gasteiger charge is 2.69. The van der Waals surface area contributed by atoms with E-state index >= 15 is 0 Å². The minimum Gasteiger partial charge on any atom is -0.481 e. The molecule has 5 rings (SSSR count). The quantitative estimate of drug-likeness (QED) is 0.603. The smallest absolute Gasteiger partial charge is 0.306 e. The Kier molecular flexibility index (Phi) is 3.20. The Morgan fingerprint density at radius 1 is 1.42 bits per heavy atom. The van der Waals surface area contributed by atoms with Gasteiger partial charge in [-0.1, -0.05) is 12.1 Å². The average Bonchev–Trinajstić information content (AvgIpc) is 2.96. The van der Waals surface area contributed by atoms with Crippen molar-refractivity contribution >= 4 is 11.8 Å². The Morgan fingerprint density at radius 2 is 2.23 bits per heavy atom. The molecule has 26 heavy (non-hydrogen) atoms. The maximum atomic E-state index is 12.8. The van der Waals surface area contributed by atoms with Gasteiger partial charge in [-0.2, -0.15) is 0 Å². The van der Waals surface area contributed by atoms with Crippen LogP contribution in [0.1, 0.15) is 42.9 Å². The Bertz CT molecular complexity index is 834. The van der Waals surface area contributed by atoms with Crippen LogP contribution >= 0.6 is 0 Å². The molecule has 1 aromatic carbocycles. The third kappa shape index (κ3) is 1.85. The topological polar surface area (TPSA) is 52.6 Å². The van der Waals surface area contributed by atoms with Gasteiger partial charge >= 0.3 is 5.97 Å². The minimum absolute atomic E-state index is 0.164. The summed E-state index contributed by atoms with van der Waals surface area (Å²) in [5.74, 6) is 1.43. The van der Waals surface area contributed by atoms with Gasteiger partial charge in [0.05, 0.1) is 25.0 Å². The van der Waals surface area contributed by atoms with Gasteiger partial charge in [0, 0.05) is 37.7 Å². The monoisotopic (exact) mass is 356 g/mol. The van der Waals surface area contributed by atoms with E-state index in [0.29, 0.717) is 25.1 Å². The number of likely N-dealkylation sites (tertiary alicyclic amines) is 1. The molecule has 138 valence electrons. The van der Waals surface area contributed by atoms with Crippen LogP contribution in [0.25, 0.3) is 0 Å². The van der Waals surface area contributed by atoms with E-state index in [-0.39, 0.29) is 23.3 Å². The number of carbonyl (C=O) groups is 2. The summed E-state index contributed by atoms with van der Waals surface area (Å²) in [6, 6.07) is 4.72. The predicted molar refractivity (Wildman–Crippen MR) is 94.8 cm³/mol. The van der Waals surface area contributed by atoms with Crippen LogP contribution in [0.5, 0.6) is 5.75 Å². The zero-order valence-electron chi connectivity index (χ0n) is 15.7. The van der Waals surface area contributed by atoms with Gasteiger partial charge in [-0.25, -0.2) is 0 Å². The molecule has 5 heteroatoms. The Balaban J connectivity index is 1.66. The second-order valence-electron chi connectivity index (χ2n) is 8.88. The van der Waals surface area contributed by atoms with E-state index in [0.717, 1.165) is 41.6 Å². The van der Waals surface area contributed by atoms with Crippen LogP contribution in [0.4, 0.5) is 0 Å². The normalized spacial score (nSPS) is 39.2. The first-order chi connectivity index (χ1) is 12.4. The van der Waals surface area contributed by atoms with Crippen molar-refractivity contribution in [1.29, 1.82) is 0 Å². The number of hydrogen-bond acceptors (Lipinski definition) is 4. The number of piperidine rings is 1. The third-order valence-corrected chi connectivity index (χ3v) is 7.56. The SMILES string of the molecule is CC(=O)OC[N@@+]1(C)CC[C@]23c4c5ccc(C)c4O[C@H]2C(=O)CC[C@H]3C1C5. The highest BCUT2D eigenvalue weighted by Crippen LogP contribution is 2.62. The number of carbonyl (C=O) groups excluding carboxylic acids is 2. The van der Waals surface area contributed by atoms with Crippen molar-refractivity contribution < 1.29 is 23.5 Å². The first-order valence-electron chi connectivity index (χ1n) is 9.67. The molecule has 2 bridgehead atoms. The molecule has 0 aromatic heterocycles. The van der Waals surface area contributed by atoms with E-state index in [1.54, 1.807) is 0 Å². The Labute approximate surface area is 153 Å². The standard InChI is InChI=1S/C21H26NO4/c1-12-4-5-14-10-16-15-6-7-17(24)20-21(15,18(14)19(12)26-20)8-9-22(16,3)11-25-13(2)23/h4-5,15-16,20H,6-11H2,1-3H3/q+1/t15-,16?,20-,21-,22+/m0/s1.